The molecule has 2 heterocycles. The van der Waals surface area contributed by atoms with E-state index in [4.69, 9.17) is 4.74 Å². The minimum absolute atomic E-state index is 0.0780. The third-order valence-corrected chi connectivity index (χ3v) is 2.80. The van der Waals surface area contributed by atoms with Crippen LogP contribution in [-0.2, 0) is 0 Å². The molecule has 1 aromatic heterocycles. The molecule has 0 fully saturated rings. The van der Waals surface area contributed by atoms with Gasteiger partial charge in [0.25, 0.3) is 0 Å². The van der Waals surface area contributed by atoms with Gasteiger partial charge >= 0.3 is 0 Å². The maximum atomic E-state index is 9.41. The van der Waals surface area contributed by atoms with Crippen LogP contribution in [0.3, 0.4) is 0 Å². The summed E-state index contributed by atoms with van der Waals surface area (Å²) >= 11 is 0. The number of nitrogens with zero attached hydrogens (tertiary/aromatic N) is 1. The van der Waals surface area contributed by atoms with Gasteiger partial charge in [0.05, 0.1) is 23.9 Å². The number of para-hydroxylation sites is 1. The predicted octanol–water partition coefficient (Wildman–Crippen LogP) is 1.18. The molecule has 0 bridgehead atoms. The van der Waals surface area contributed by atoms with E-state index in [9.17, 15) is 5.11 Å². The molecule has 90 valence electrons. The molecular weight excluding hydrogens is 228 g/mol. The maximum absolute atomic E-state index is 9.41. The predicted molar refractivity (Wildman–Crippen MR) is 68.7 cm³/mol. The Hall–Kier alpha value is -2.49. The van der Waals surface area contributed by atoms with E-state index in [1.807, 2.05) is 36.4 Å². The Morgan fingerprint density at radius 3 is 2.94 bits per heavy atom. The average molecular weight is 240 g/mol. The van der Waals surface area contributed by atoms with Crippen molar-refractivity contribution in [1.29, 1.82) is 0 Å². The summed E-state index contributed by atoms with van der Waals surface area (Å²) in [4.78, 5) is 7.30. The van der Waals surface area contributed by atoms with Crippen LogP contribution in [0.15, 0.2) is 41.0 Å². The van der Waals surface area contributed by atoms with Crippen molar-refractivity contribution >= 4 is 12.2 Å². The molecule has 18 heavy (non-hydrogen) atoms. The fourth-order valence-electron chi connectivity index (χ4n) is 1.98. The van der Waals surface area contributed by atoms with Crippen LogP contribution in [0.2, 0.25) is 0 Å². The van der Waals surface area contributed by atoms with Gasteiger partial charge in [0.2, 0.25) is 0 Å². The van der Waals surface area contributed by atoms with Gasteiger partial charge in [-0.1, -0.05) is 18.2 Å². The van der Waals surface area contributed by atoms with E-state index in [1.165, 1.54) is 6.07 Å². The number of H-pyrrole nitrogens is 1. The number of aromatic nitrogens is 1. The van der Waals surface area contributed by atoms with E-state index in [2.05, 4.69) is 9.98 Å². The van der Waals surface area contributed by atoms with Crippen molar-refractivity contribution < 1.29 is 9.84 Å². The van der Waals surface area contributed by atoms with E-state index < -0.39 is 0 Å². The van der Waals surface area contributed by atoms with Crippen LogP contribution in [0.5, 0.6) is 11.6 Å². The van der Waals surface area contributed by atoms with Gasteiger partial charge in [-0.3, -0.25) is 0 Å². The minimum atomic E-state index is 0.0780. The molecular formula is C14H12N2O2. The Labute approximate surface area is 104 Å². The molecule has 1 aliphatic rings. The highest BCUT2D eigenvalue weighted by molar-refractivity contribution is 5.67. The molecule has 0 unspecified atom stereocenters. The summed E-state index contributed by atoms with van der Waals surface area (Å²) in [6.45, 7) is 0. The molecule has 0 saturated heterocycles. The lowest BCUT2D eigenvalue weighted by molar-refractivity contribution is 0.412. The third kappa shape index (κ3) is 1.78. The first kappa shape index (κ1) is 10.7. The third-order valence-electron chi connectivity index (χ3n) is 2.80. The summed E-state index contributed by atoms with van der Waals surface area (Å²) in [6, 6.07) is 9.46. The molecule has 3 rings (SSSR count). The first-order chi connectivity index (χ1) is 8.76. The van der Waals surface area contributed by atoms with Crippen LogP contribution in [-0.4, -0.2) is 17.2 Å². The van der Waals surface area contributed by atoms with Gasteiger partial charge in [-0.25, -0.2) is 4.99 Å². The molecule has 2 N–H and O–H groups in total. The van der Waals surface area contributed by atoms with E-state index in [0.717, 1.165) is 16.3 Å². The normalized spacial score (nSPS) is 15.1. The smallest absolute Gasteiger partial charge is 0.192 e. The second kappa shape index (κ2) is 4.07. The van der Waals surface area contributed by atoms with Crippen LogP contribution in [0.25, 0.3) is 12.2 Å². The Morgan fingerprint density at radius 2 is 2.17 bits per heavy atom. The van der Waals surface area contributed by atoms with Crippen molar-refractivity contribution in [2.45, 2.75) is 0 Å². The van der Waals surface area contributed by atoms with E-state index in [-0.39, 0.29) is 5.88 Å². The van der Waals surface area contributed by atoms with Crippen molar-refractivity contribution in [1.82, 2.24) is 4.98 Å². The zero-order chi connectivity index (χ0) is 12.5. The minimum Gasteiger partial charge on any atom is -0.494 e. The molecule has 4 nitrogen and oxygen atoms in total. The number of aromatic hydroxyl groups is 1. The van der Waals surface area contributed by atoms with Gasteiger partial charge in [-0.05, 0) is 18.2 Å². The number of benzene rings is 1. The van der Waals surface area contributed by atoms with Gasteiger partial charge < -0.3 is 14.8 Å². The first-order valence-electron chi connectivity index (χ1n) is 5.59. The Bertz CT molecular complexity index is 704. The molecule has 0 radical (unpaired) electrons. The van der Waals surface area contributed by atoms with E-state index in [0.29, 0.717) is 11.4 Å². The van der Waals surface area contributed by atoms with Gasteiger partial charge in [0, 0.05) is 11.3 Å². The summed E-state index contributed by atoms with van der Waals surface area (Å²) in [7, 11) is 1.56. The highest BCUT2D eigenvalue weighted by Gasteiger charge is 2.07. The summed E-state index contributed by atoms with van der Waals surface area (Å²) in [5.74, 6) is 0.675. The molecule has 0 saturated carbocycles. The number of rotatable bonds is 2. The number of methoxy groups -OCH3 is 1. The summed E-state index contributed by atoms with van der Waals surface area (Å²) in [5.41, 5.74) is 1.54. The van der Waals surface area contributed by atoms with E-state index >= 15 is 0 Å². The van der Waals surface area contributed by atoms with Crippen molar-refractivity contribution in [3.8, 4) is 11.6 Å². The maximum Gasteiger partial charge on any atom is 0.192 e. The lowest BCUT2D eigenvalue weighted by atomic mass is 10.2. The lowest BCUT2D eigenvalue weighted by Gasteiger charge is -1.96. The fourth-order valence-corrected chi connectivity index (χ4v) is 1.98. The van der Waals surface area contributed by atoms with Crippen molar-refractivity contribution in [2.75, 3.05) is 7.11 Å². The Kier molecular flexibility index (Phi) is 2.41. The second-order valence-electron chi connectivity index (χ2n) is 4.02. The second-order valence-corrected chi connectivity index (χ2v) is 4.02. The van der Waals surface area contributed by atoms with Gasteiger partial charge in [0.1, 0.15) is 5.75 Å². The Balaban J connectivity index is 2.07. The summed E-state index contributed by atoms with van der Waals surface area (Å²) < 4.78 is 5.16. The number of ether oxygens (including phenoxy) is 1. The summed E-state index contributed by atoms with van der Waals surface area (Å²) in [5, 5.41) is 11.5. The van der Waals surface area contributed by atoms with Crippen LogP contribution in [0.1, 0.15) is 5.69 Å². The molecule has 2 aromatic rings. The van der Waals surface area contributed by atoms with E-state index in [1.54, 1.807) is 7.11 Å². The van der Waals surface area contributed by atoms with Crippen LogP contribution < -0.4 is 15.3 Å². The number of nitrogens with one attached hydrogen (secondary N) is 1. The van der Waals surface area contributed by atoms with Gasteiger partial charge in [-0.2, -0.15) is 0 Å². The quantitative estimate of drug-likeness (QED) is 0.828. The first-order valence-corrected chi connectivity index (χ1v) is 5.59. The number of fused-ring (bicyclic) bond motifs is 1. The van der Waals surface area contributed by atoms with Crippen molar-refractivity contribution in [3.63, 3.8) is 0 Å². The zero-order valence-electron chi connectivity index (χ0n) is 9.84. The lowest BCUT2D eigenvalue weighted by Crippen LogP contribution is -2.19. The molecule has 1 aromatic carbocycles. The standard InChI is InChI=1S/C14H12N2O2/c1-18-13-8-14(17)16-12(13)7-10-6-9-4-2-3-5-11(9)15-10/h2-8,16-17H,1H3. The molecule has 0 amide bonds. The number of hydrogen-bond donors (Lipinski definition) is 2. The highest BCUT2D eigenvalue weighted by Crippen LogP contribution is 2.26. The number of hydrogen-bond acceptors (Lipinski definition) is 3. The largest absolute Gasteiger partial charge is 0.494 e. The van der Waals surface area contributed by atoms with Gasteiger partial charge in [-0.15, -0.1) is 0 Å². The Morgan fingerprint density at radius 1 is 1.33 bits per heavy atom. The van der Waals surface area contributed by atoms with Crippen molar-refractivity contribution in [2.24, 2.45) is 4.99 Å². The topological polar surface area (TPSA) is 57.6 Å². The van der Waals surface area contributed by atoms with Crippen LogP contribution >= 0.6 is 0 Å². The van der Waals surface area contributed by atoms with Crippen LogP contribution in [0.4, 0.5) is 0 Å². The molecule has 1 aliphatic heterocycles. The average Bonchev–Trinajstić information content (AvgIpc) is 2.92. The number of aromatic amines is 1. The van der Waals surface area contributed by atoms with Gasteiger partial charge in [0.15, 0.2) is 5.88 Å². The highest BCUT2D eigenvalue weighted by atomic mass is 16.5. The zero-order valence-corrected chi connectivity index (χ0v) is 9.84. The molecule has 4 heteroatoms. The molecule has 0 aliphatic carbocycles. The molecule has 0 atom stereocenters. The van der Waals surface area contributed by atoms with Crippen molar-refractivity contribution in [3.05, 3.63) is 52.3 Å². The fraction of sp³-hybridized carbons (Fsp3) is 0.0714. The molecule has 0 spiro atoms. The summed E-state index contributed by atoms with van der Waals surface area (Å²) in [6.07, 6.45) is 3.84. The SMILES string of the molecule is COc1cc(O)[nH]c1C=C1C=c2ccccc2=N1. The monoisotopic (exact) mass is 240 g/mol. The number of allylic oxidation sites excluding steroid dienone is 1. The van der Waals surface area contributed by atoms with Crippen LogP contribution in [0, 0.1) is 0 Å².